The maximum atomic E-state index is 9.01. The molecule has 1 N–H and O–H groups in total. The molecule has 0 heterocycles. The molecule has 0 bridgehead atoms. The van der Waals surface area contributed by atoms with Crippen LogP contribution in [0.3, 0.4) is 0 Å². The van der Waals surface area contributed by atoms with Crippen molar-refractivity contribution in [2.45, 2.75) is 25.7 Å². The normalized spacial score (nSPS) is 13.8. The van der Waals surface area contributed by atoms with Gasteiger partial charge in [-0.15, -0.1) is 0 Å². The fourth-order valence-electron chi connectivity index (χ4n) is 3.00. The zero-order valence-corrected chi connectivity index (χ0v) is 11.7. The lowest BCUT2D eigenvalue weighted by Gasteiger charge is -2.20. The second-order valence-electron chi connectivity index (χ2n) is 5.35. The Labute approximate surface area is 120 Å². The van der Waals surface area contributed by atoms with Gasteiger partial charge in [-0.25, -0.2) is 0 Å². The fraction of sp³-hybridized carbons (Fsp3) is 0.263. The zero-order chi connectivity index (χ0) is 13.8. The van der Waals surface area contributed by atoms with Gasteiger partial charge in [0.2, 0.25) is 0 Å². The van der Waals surface area contributed by atoms with Crippen molar-refractivity contribution in [3.8, 4) is 0 Å². The largest absolute Gasteiger partial charge is 0.396 e. The zero-order valence-electron chi connectivity index (χ0n) is 11.7. The predicted molar refractivity (Wildman–Crippen MR) is 84.5 cm³/mol. The molecule has 1 nitrogen and oxygen atoms in total. The molecule has 0 aromatic heterocycles. The van der Waals surface area contributed by atoms with Crippen LogP contribution in [-0.2, 0) is 12.8 Å². The quantitative estimate of drug-likeness (QED) is 0.881. The summed E-state index contributed by atoms with van der Waals surface area (Å²) >= 11 is 0. The minimum absolute atomic E-state index is 0.273. The van der Waals surface area contributed by atoms with Crippen molar-refractivity contribution in [1.82, 2.24) is 0 Å². The minimum Gasteiger partial charge on any atom is -0.396 e. The minimum atomic E-state index is 0.273. The molecule has 1 aliphatic carbocycles. The number of aliphatic hydroxyl groups is 1. The molecule has 1 aliphatic rings. The molecule has 0 radical (unpaired) electrons. The van der Waals surface area contributed by atoms with Gasteiger partial charge in [-0.3, -0.25) is 0 Å². The molecule has 0 fully saturated rings. The molecular weight excluding hydrogens is 244 g/mol. The Morgan fingerprint density at radius 2 is 1.75 bits per heavy atom. The van der Waals surface area contributed by atoms with Crippen molar-refractivity contribution in [2.75, 3.05) is 6.61 Å². The van der Waals surface area contributed by atoms with Gasteiger partial charge in [0.25, 0.3) is 0 Å². The highest BCUT2D eigenvalue weighted by Gasteiger charge is 2.14. The van der Waals surface area contributed by atoms with Crippen LogP contribution in [0.1, 0.15) is 35.1 Å². The number of rotatable bonds is 4. The maximum Gasteiger partial charge on any atom is 0.0434 e. The van der Waals surface area contributed by atoms with E-state index < -0.39 is 0 Å². The van der Waals surface area contributed by atoms with Crippen LogP contribution < -0.4 is 0 Å². The first-order valence-electron chi connectivity index (χ1n) is 7.36. The Morgan fingerprint density at radius 3 is 2.55 bits per heavy atom. The Hall–Kier alpha value is -1.86. The van der Waals surface area contributed by atoms with Crippen molar-refractivity contribution in [3.05, 3.63) is 70.8 Å². The van der Waals surface area contributed by atoms with E-state index in [9.17, 15) is 0 Å². The lowest BCUT2D eigenvalue weighted by Crippen LogP contribution is -2.04. The van der Waals surface area contributed by atoms with E-state index in [-0.39, 0.29) is 6.61 Å². The smallest absolute Gasteiger partial charge is 0.0434 e. The lowest BCUT2D eigenvalue weighted by atomic mass is 9.85. The second-order valence-corrected chi connectivity index (χ2v) is 5.35. The van der Waals surface area contributed by atoms with Gasteiger partial charge in [0, 0.05) is 6.61 Å². The van der Waals surface area contributed by atoms with Gasteiger partial charge in [0.05, 0.1) is 0 Å². The Morgan fingerprint density at radius 1 is 0.900 bits per heavy atom. The molecule has 102 valence electrons. The van der Waals surface area contributed by atoms with E-state index in [0.717, 1.165) is 25.7 Å². The molecule has 0 saturated heterocycles. The van der Waals surface area contributed by atoms with Crippen molar-refractivity contribution < 1.29 is 5.11 Å². The van der Waals surface area contributed by atoms with Crippen LogP contribution in [-0.4, -0.2) is 11.7 Å². The molecule has 0 aliphatic heterocycles. The van der Waals surface area contributed by atoms with Crippen molar-refractivity contribution in [1.29, 1.82) is 0 Å². The number of allylic oxidation sites excluding steroid dienone is 1. The number of aliphatic hydroxyl groups excluding tert-OH is 1. The van der Waals surface area contributed by atoms with Gasteiger partial charge in [0.15, 0.2) is 0 Å². The van der Waals surface area contributed by atoms with Gasteiger partial charge in [-0.05, 0) is 53.5 Å². The van der Waals surface area contributed by atoms with Crippen molar-refractivity contribution >= 4 is 11.6 Å². The van der Waals surface area contributed by atoms with E-state index in [1.807, 2.05) is 0 Å². The van der Waals surface area contributed by atoms with E-state index in [0.29, 0.717) is 0 Å². The average molecular weight is 264 g/mol. The van der Waals surface area contributed by atoms with Gasteiger partial charge >= 0.3 is 0 Å². The molecule has 0 saturated carbocycles. The highest BCUT2D eigenvalue weighted by atomic mass is 16.2. The van der Waals surface area contributed by atoms with E-state index >= 15 is 0 Å². The third-order valence-corrected chi connectivity index (χ3v) is 4.03. The molecule has 2 aromatic rings. The highest BCUT2D eigenvalue weighted by Crippen LogP contribution is 2.32. The summed E-state index contributed by atoms with van der Waals surface area (Å²) in [6.45, 7) is 0.273. The molecule has 0 atom stereocenters. The van der Waals surface area contributed by atoms with Crippen LogP contribution in [0, 0.1) is 0 Å². The van der Waals surface area contributed by atoms with Gasteiger partial charge in [0.1, 0.15) is 0 Å². The molecular formula is C19H20O. The lowest BCUT2D eigenvalue weighted by molar-refractivity contribution is 0.288. The van der Waals surface area contributed by atoms with E-state index in [2.05, 4.69) is 54.6 Å². The van der Waals surface area contributed by atoms with Gasteiger partial charge in [-0.1, -0.05) is 54.6 Å². The van der Waals surface area contributed by atoms with Gasteiger partial charge in [-0.2, -0.15) is 0 Å². The molecule has 20 heavy (non-hydrogen) atoms. The summed E-state index contributed by atoms with van der Waals surface area (Å²) < 4.78 is 0. The molecule has 2 aromatic carbocycles. The van der Waals surface area contributed by atoms with E-state index in [1.54, 1.807) is 0 Å². The second kappa shape index (κ2) is 6.06. The number of fused-ring (bicyclic) bond motifs is 1. The van der Waals surface area contributed by atoms with Crippen LogP contribution in [0.5, 0.6) is 0 Å². The summed E-state index contributed by atoms with van der Waals surface area (Å²) in [6, 6.07) is 17.2. The standard InChI is InChI=1S/C19H20O/c20-13-5-10-16-8-4-9-18-14-17(11-12-19(16)18)15-6-2-1-3-7-15/h1-4,6-9,14,20H,5,10-13H2. The summed E-state index contributed by atoms with van der Waals surface area (Å²) in [6.07, 6.45) is 6.38. The first-order chi connectivity index (χ1) is 9.88. The summed E-state index contributed by atoms with van der Waals surface area (Å²) in [7, 11) is 0. The molecule has 3 rings (SSSR count). The highest BCUT2D eigenvalue weighted by molar-refractivity contribution is 5.84. The number of hydrogen-bond acceptors (Lipinski definition) is 1. The first kappa shape index (κ1) is 13.1. The maximum absolute atomic E-state index is 9.01. The first-order valence-corrected chi connectivity index (χ1v) is 7.36. The number of hydrogen-bond donors (Lipinski definition) is 1. The SMILES string of the molecule is OCCCc1cccc2c1CCC(c1ccccc1)=C2. The Balaban J connectivity index is 1.93. The van der Waals surface area contributed by atoms with E-state index in [4.69, 9.17) is 5.11 Å². The summed E-state index contributed by atoms with van der Waals surface area (Å²) in [5.41, 5.74) is 6.99. The molecule has 0 unspecified atom stereocenters. The predicted octanol–water partition coefficient (Wildman–Crippen LogP) is 4.10. The van der Waals surface area contributed by atoms with Gasteiger partial charge < -0.3 is 5.11 Å². The average Bonchev–Trinajstić information content (AvgIpc) is 2.53. The topological polar surface area (TPSA) is 20.2 Å². The Bertz CT molecular complexity index is 611. The van der Waals surface area contributed by atoms with Crippen molar-refractivity contribution in [2.24, 2.45) is 0 Å². The van der Waals surface area contributed by atoms with Crippen LogP contribution in [0.25, 0.3) is 11.6 Å². The fourth-order valence-corrected chi connectivity index (χ4v) is 3.00. The number of aryl methyl sites for hydroxylation is 1. The Kier molecular flexibility index (Phi) is 3.98. The van der Waals surface area contributed by atoms with Crippen molar-refractivity contribution in [3.63, 3.8) is 0 Å². The number of benzene rings is 2. The third-order valence-electron chi connectivity index (χ3n) is 4.03. The van der Waals surface area contributed by atoms with Crippen LogP contribution >= 0.6 is 0 Å². The monoisotopic (exact) mass is 264 g/mol. The van der Waals surface area contributed by atoms with E-state index in [1.165, 1.54) is 27.8 Å². The van der Waals surface area contributed by atoms with Crippen LogP contribution in [0.4, 0.5) is 0 Å². The third kappa shape index (κ3) is 2.68. The molecule has 1 heteroatoms. The summed E-state index contributed by atoms with van der Waals surface area (Å²) in [5.74, 6) is 0. The summed E-state index contributed by atoms with van der Waals surface area (Å²) in [4.78, 5) is 0. The molecule has 0 amide bonds. The van der Waals surface area contributed by atoms with Crippen LogP contribution in [0.15, 0.2) is 48.5 Å². The molecule has 0 spiro atoms. The van der Waals surface area contributed by atoms with Crippen LogP contribution in [0.2, 0.25) is 0 Å². The summed E-state index contributed by atoms with van der Waals surface area (Å²) in [5, 5.41) is 9.01.